The molecule has 2 atom stereocenters. The van der Waals surface area contributed by atoms with E-state index in [2.05, 4.69) is 15.3 Å². The molecule has 0 bridgehead atoms. The van der Waals surface area contributed by atoms with E-state index in [0.717, 1.165) is 0 Å². The predicted molar refractivity (Wildman–Crippen MR) is 69.1 cm³/mol. The molecule has 0 aliphatic carbocycles. The fourth-order valence-electron chi connectivity index (χ4n) is 2.20. The van der Waals surface area contributed by atoms with Crippen LogP contribution in [-0.4, -0.2) is 62.3 Å². The molecule has 1 aliphatic rings. The second kappa shape index (κ2) is 6.38. The lowest BCUT2D eigenvalue weighted by molar-refractivity contribution is -0.139. The van der Waals surface area contributed by atoms with Crippen LogP contribution in [0.5, 0.6) is 0 Å². The van der Waals surface area contributed by atoms with Crippen molar-refractivity contribution in [2.24, 2.45) is 0 Å². The number of nitrogens with zero attached hydrogens (tertiary/aromatic N) is 2. The average Bonchev–Trinajstić information content (AvgIpc) is 2.90. The van der Waals surface area contributed by atoms with Crippen LogP contribution in [0.2, 0.25) is 0 Å². The summed E-state index contributed by atoms with van der Waals surface area (Å²) in [6.45, 7) is 0.765. The van der Waals surface area contributed by atoms with Gasteiger partial charge in [0.05, 0.1) is 12.4 Å². The summed E-state index contributed by atoms with van der Waals surface area (Å²) in [7, 11) is 0. The Hall–Kier alpha value is -2.09. The summed E-state index contributed by atoms with van der Waals surface area (Å²) < 4.78 is 0. The van der Waals surface area contributed by atoms with E-state index in [1.165, 1.54) is 17.4 Å². The molecular weight excluding hydrogens is 264 g/mol. The highest BCUT2D eigenvalue weighted by atomic mass is 16.4. The Balaban J connectivity index is 1.93. The minimum atomic E-state index is -1.11. The van der Waals surface area contributed by atoms with Crippen molar-refractivity contribution >= 4 is 12.0 Å². The van der Waals surface area contributed by atoms with E-state index in [1.807, 2.05) is 0 Å². The van der Waals surface area contributed by atoms with Crippen LogP contribution in [0.25, 0.3) is 0 Å². The van der Waals surface area contributed by atoms with Crippen LogP contribution in [0.1, 0.15) is 18.5 Å². The monoisotopic (exact) mass is 282 g/mol. The van der Waals surface area contributed by atoms with Crippen LogP contribution in [0.15, 0.2) is 12.5 Å². The molecule has 0 radical (unpaired) electrons. The summed E-state index contributed by atoms with van der Waals surface area (Å²) in [5.41, 5.74) is 0.636. The number of urea groups is 1. The number of amides is 2. The number of imidazole rings is 1. The van der Waals surface area contributed by atoms with Crippen LogP contribution < -0.4 is 5.32 Å². The number of hydrogen-bond acceptors (Lipinski definition) is 4. The summed E-state index contributed by atoms with van der Waals surface area (Å²) in [5, 5.41) is 21.2. The molecule has 1 aliphatic heterocycles. The molecule has 8 nitrogen and oxygen atoms in total. The maximum absolute atomic E-state index is 12.0. The topological polar surface area (TPSA) is 119 Å². The van der Waals surface area contributed by atoms with Crippen LogP contribution in [0, 0.1) is 0 Å². The molecule has 2 heterocycles. The summed E-state index contributed by atoms with van der Waals surface area (Å²) in [4.78, 5) is 31.2. The van der Waals surface area contributed by atoms with Gasteiger partial charge in [0.15, 0.2) is 0 Å². The van der Waals surface area contributed by atoms with Gasteiger partial charge in [0, 0.05) is 31.4 Å². The molecule has 8 heteroatoms. The largest absolute Gasteiger partial charge is 0.480 e. The molecule has 0 saturated carbocycles. The SMILES string of the molecule is O=C(O)[C@H](Cc1cnc[nH]1)NC(=O)N1CCCC(O)C1. The first-order valence-electron chi connectivity index (χ1n) is 6.50. The van der Waals surface area contributed by atoms with E-state index in [1.54, 1.807) is 0 Å². The van der Waals surface area contributed by atoms with Crippen molar-refractivity contribution in [3.8, 4) is 0 Å². The smallest absolute Gasteiger partial charge is 0.326 e. The second-order valence-electron chi connectivity index (χ2n) is 4.86. The third-order valence-corrected chi connectivity index (χ3v) is 3.26. The highest BCUT2D eigenvalue weighted by Crippen LogP contribution is 2.10. The fourth-order valence-corrected chi connectivity index (χ4v) is 2.20. The van der Waals surface area contributed by atoms with Crippen molar-refractivity contribution in [1.29, 1.82) is 0 Å². The van der Waals surface area contributed by atoms with Crippen molar-refractivity contribution in [3.05, 3.63) is 18.2 Å². The Morgan fingerprint density at radius 1 is 1.60 bits per heavy atom. The normalized spacial score (nSPS) is 20.4. The number of aliphatic hydroxyl groups excluding tert-OH is 1. The average molecular weight is 282 g/mol. The number of carbonyl (C=O) groups is 2. The van der Waals surface area contributed by atoms with Crippen molar-refractivity contribution in [3.63, 3.8) is 0 Å². The lowest BCUT2D eigenvalue weighted by atomic mass is 10.1. The number of aliphatic carboxylic acids is 1. The van der Waals surface area contributed by atoms with E-state index in [0.29, 0.717) is 25.1 Å². The van der Waals surface area contributed by atoms with Crippen LogP contribution in [0.3, 0.4) is 0 Å². The predicted octanol–water partition coefficient (Wildman–Crippen LogP) is -0.428. The molecule has 20 heavy (non-hydrogen) atoms. The van der Waals surface area contributed by atoms with Crippen molar-refractivity contribution < 1.29 is 19.8 Å². The first kappa shape index (κ1) is 14.3. The van der Waals surface area contributed by atoms with Crippen molar-refractivity contribution in [2.75, 3.05) is 13.1 Å². The van der Waals surface area contributed by atoms with E-state index in [-0.39, 0.29) is 13.0 Å². The van der Waals surface area contributed by atoms with Gasteiger partial charge in [0.2, 0.25) is 0 Å². The number of aromatic amines is 1. The number of carboxylic acids is 1. The number of aliphatic hydroxyl groups is 1. The molecule has 4 N–H and O–H groups in total. The fraction of sp³-hybridized carbons (Fsp3) is 0.583. The van der Waals surface area contributed by atoms with Gasteiger partial charge in [-0.25, -0.2) is 14.6 Å². The molecule has 2 rings (SSSR count). The molecular formula is C12H18N4O4. The number of rotatable bonds is 4. The Bertz CT molecular complexity index is 462. The van der Waals surface area contributed by atoms with Gasteiger partial charge in [0.25, 0.3) is 0 Å². The van der Waals surface area contributed by atoms with Crippen molar-refractivity contribution in [1.82, 2.24) is 20.2 Å². The Morgan fingerprint density at radius 3 is 3.00 bits per heavy atom. The van der Waals surface area contributed by atoms with Crippen LogP contribution in [-0.2, 0) is 11.2 Å². The maximum Gasteiger partial charge on any atom is 0.326 e. The highest BCUT2D eigenvalue weighted by Gasteiger charge is 2.26. The number of piperidine rings is 1. The van der Waals surface area contributed by atoms with E-state index in [4.69, 9.17) is 5.11 Å². The van der Waals surface area contributed by atoms with Gasteiger partial charge in [-0.1, -0.05) is 0 Å². The molecule has 0 spiro atoms. The zero-order valence-corrected chi connectivity index (χ0v) is 11.0. The third kappa shape index (κ3) is 3.70. The number of carbonyl (C=O) groups excluding carboxylic acids is 1. The van der Waals surface area contributed by atoms with Gasteiger partial charge in [0.1, 0.15) is 6.04 Å². The van der Waals surface area contributed by atoms with E-state index < -0.39 is 24.1 Å². The molecule has 2 amide bonds. The quantitative estimate of drug-likeness (QED) is 0.597. The molecule has 1 fully saturated rings. The number of carboxylic acid groups (broad SMARTS) is 1. The van der Waals surface area contributed by atoms with Crippen LogP contribution >= 0.6 is 0 Å². The lowest BCUT2D eigenvalue weighted by Crippen LogP contribution is -2.52. The van der Waals surface area contributed by atoms with Gasteiger partial charge >= 0.3 is 12.0 Å². The lowest BCUT2D eigenvalue weighted by Gasteiger charge is -2.31. The summed E-state index contributed by atoms with van der Waals surface area (Å²) in [5.74, 6) is -1.11. The standard InChI is InChI=1S/C12H18N4O4/c17-9-2-1-3-16(6-9)12(20)15-10(11(18)19)4-8-5-13-7-14-8/h5,7,9-10,17H,1-4,6H2,(H,13,14)(H,15,20)(H,18,19)/t9?,10-/m0/s1. The number of aromatic nitrogens is 2. The molecule has 0 aromatic carbocycles. The number of likely N-dealkylation sites (tertiary alicyclic amines) is 1. The number of H-pyrrole nitrogens is 1. The van der Waals surface area contributed by atoms with Gasteiger partial charge in [-0.15, -0.1) is 0 Å². The number of hydrogen-bond donors (Lipinski definition) is 4. The van der Waals surface area contributed by atoms with Gasteiger partial charge in [-0.3, -0.25) is 0 Å². The first-order chi connectivity index (χ1) is 9.56. The summed E-state index contributed by atoms with van der Waals surface area (Å²) in [6.07, 6.45) is 3.96. The zero-order valence-electron chi connectivity index (χ0n) is 11.0. The van der Waals surface area contributed by atoms with E-state index in [9.17, 15) is 14.7 Å². The van der Waals surface area contributed by atoms with Gasteiger partial charge in [-0.05, 0) is 12.8 Å². The van der Waals surface area contributed by atoms with Gasteiger partial charge < -0.3 is 25.4 Å². The second-order valence-corrected chi connectivity index (χ2v) is 4.86. The minimum absolute atomic E-state index is 0.136. The van der Waals surface area contributed by atoms with Gasteiger partial charge in [-0.2, -0.15) is 0 Å². The van der Waals surface area contributed by atoms with E-state index >= 15 is 0 Å². The first-order valence-corrected chi connectivity index (χ1v) is 6.50. The minimum Gasteiger partial charge on any atom is -0.480 e. The Kier molecular flexibility index (Phi) is 4.57. The summed E-state index contributed by atoms with van der Waals surface area (Å²) in [6, 6.07) is -1.49. The molecule has 1 unspecified atom stereocenters. The molecule has 110 valence electrons. The molecule has 1 aromatic rings. The Labute approximate surface area is 115 Å². The highest BCUT2D eigenvalue weighted by molar-refractivity contribution is 5.82. The van der Waals surface area contributed by atoms with Crippen LogP contribution in [0.4, 0.5) is 4.79 Å². The summed E-state index contributed by atoms with van der Waals surface area (Å²) >= 11 is 0. The number of β-amino-alcohol motifs (C(OH)–C–C–N with tert-alkyl or cyclic N) is 1. The molecule has 1 aromatic heterocycles. The number of nitrogens with one attached hydrogen (secondary N) is 2. The zero-order chi connectivity index (χ0) is 14.5. The van der Waals surface area contributed by atoms with Crippen molar-refractivity contribution in [2.45, 2.75) is 31.4 Å². The Morgan fingerprint density at radius 2 is 2.40 bits per heavy atom. The maximum atomic E-state index is 12.0. The molecule has 1 saturated heterocycles. The third-order valence-electron chi connectivity index (χ3n) is 3.26.